The van der Waals surface area contributed by atoms with Gasteiger partial charge in [0, 0.05) is 45.0 Å². The van der Waals surface area contributed by atoms with Crippen molar-refractivity contribution in [2.24, 2.45) is 5.92 Å². The largest absolute Gasteiger partial charge is 0.497 e. The van der Waals surface area contributed by atoms with Crippen LogP contribution in [0.1, 0.15) is 19.8 Å². The third-order valence-electron chi connectivity index (χ3n) is 5.52. The van der Waals surface area contributed by atoms with Gasteiger partial charge in [0.05, 0.1) is 13.3 Å². The minimum atomic E-state index is 0.694. The number of methoxy groups -OCH3 is 1. The molecule has 4 rings (SSSR count). The normalized spacial score (nSPS) is 20.7. The van der Waals surface area contributed by atoms with Gasteiger partial charge in [-0.3, -0.25) is 0 Å². The summed E-state index contributed by atoms with van der Waals surface area (Å²) in [5.41, 5.74) is 1.24. The Morgan fingerprint density at radius 1 is 0.963 bits per heavy atom. The van der Waals surface area contributed by atoms with Gasteiger partial charge in [-0.05, 0) is 43.0 Å². The molecule has 2 saturated heterocycles. The van der Waals surface area contributed by atoms with Crippen molar-refractivity contribution in [2.45, 2.75) is 19.8 Å². The highest BCUT2D eigenvalue weighted by Crippen LogP contribution is 2.24. The van der Waals surface area contributed by atoms with E-state index in [1.807, 2.05) is 12.1 Å². The van der Waals surface area contributed by atoms with Crippen molar-refractivity contribution in [1.82, 2.24) is 15.2 Å². The first kappa shape index (κ1) is 17.8. The maximum atomic E-state index is 5.25. The van der Waals surface area contributed by atoms with Crippen molar-refractivity contribution < 1.29 is 4.74 Å². The summed E-state index contributed by atoms with van der Waals surface area (Å²) in [4.78, 5) is 11.8. The second-order valence-electron chi connectivity index (χ2n) is 7.48. The smallest absolute Gasteiger partial charge is 0.247 e. The number of benzene rings is 1. The number of piperazine rings is 1. The number of hydrogen-bond donors (Lipinski definition) is 0. The van der Waals surface area contributed by atoms with Crippen LogP contribution < -0.4 is 19.4 Å². The van der Waals surface area contributed by atoms with Crippen LogP contribution in [0.4, 0.5) is 17.5 Å². The lowest BCUT2D eigenvalue weighted by atomic mass is 10.0. The first-order valence-electron chi connectivity index (χ1n) is 9.81. The van der Waals surface area contributed by atoms with Gasteiger partial charge in [0.25, 0.3) is 0 Å². The van der Waals surface area contributed by atoms with Crippen molar-refractivity contribution in [3.8, 4) is 5.75 Å². The summed E-state index contributed by atoms with van der Waals surface area (Å²) in [5.74, 6) is 3.30. The summed E-state index contributed by atoms with van der Waals surface area (Å²) in [7, 11) is 1.70. The van der Waals surface area contributed by atoms with E-state index in [-0.39, 0.29) is 0 Å². The molecule has 1 aromatic heterocycles. The Bertz CT molecular complexity index is 744. The van der Waals surface area contributed by atoms with E-state index in [0.29, 0.717) is 5.92 Å². The maximum absolute atomic E-state index is 5.25. The highest BCUT2D eigenvalue weighted by molar-refractivity contribution is 5.51. The minimum Gasteiger partial charge on any atom is -0.497 e. The predicted octanol–water partition coefficient (Wildman–Crippen LogP) is 2.44. The third-order valence-corrected chi connectivity index (χ3v) is 5.52. The Morgan fingerprint density at radius 2 is 1.70 bits per heavy atom. The summed E-state index contributed by atoms with van der Waals surface area (Å²) in [6, 6.07) is 8.27. The fraction of sp³-hybridized carbons (Fsp3) is 0.550. The molecule has 3 heterocycles. The van der Waals surface area contributed by atoms with Crippen molar-refractivity contribution in [3.63, 3.8) is 0 Å². The molecule has 0 radical (unpaired) electrons. The molecule has 2 aliphatic rings. The quantitative estimate of drug-likeness (QED) is 0.821. The summed E-state index contributed by atoms with van der Waals surface area (Å²) in [5, 5.41) is 8.52. The van der Waals surface area contributed by atoms with E-state index >= 15 is 0 Å². The van der Waals surface area contributed by atoms with Gasteiger partial charge in [0.15, 0.2) is 5.82 Å². The molecule has 1 aromatic carbocycles. The molecule has 1 unspecified atom stereocenters. The van der Waals surface area contributed by atoms with E-state index in [9.17, 15) is 0 Å². The van der Waals surface area contributed by atoms with Crippen LogP contribution >= 0.6 is 0 Å². The average molecular weight is 368 g/mol. The molecular formula is C20H28N6O. The molecular weight excluding hydrogens is 340 g/mol. The Balaban J connectivity index is 1.39. The van der Waals surface area contributed by atoms with Gasteiger partial charge in [-0.25, -0.2) is 0 Å². The number of nitrogens with zero attached hydrogens (tertiary/aromatic N) is 6. The molecule has 2 fully saturated rings. The van der Waals surface area contributed by atoms with E-state index < -0.39 is 0 Å². The average Bonchev–Trinajstić information content (AvgIpc) is 2.74. The molecule has 0 spiro atoms. The fourth-order valence-electron chi connectivity index (χ4n) is 3.93. The number of ether oxygens (including phenoxy) is 1. The van der Waals surface area contributed by atoms with Crippen LogP contribution in [-0.4, -0.2) is 61.6 Å². The van der Waals surface area contributed by atoms with E-state index in [0.717, 1.165) is 56.8 Å². The highest BCUT2D eigenvalue weighted by atomic mass is 16.5. The molecule has 0 bridgehead atoms. The molecule has 144 valence electrons. The first-order chi connectivity index (χ1) is 13.2. The molecule has 0 saturated carbocycles. The van der Waals surface area contributed by atoms with Gasteiger partial charge >= 0.3 is 0 Å². The molecule has 7 heteroatoms. The highest BCUT2D eigenvalue weighted by Gasteiger charge is 2.22. The lowest BCUT2D eigenvalue weighted by Crippen LogP contribution is -2.47. The summed E-state index contributed by atoms with van der Waals surface area (Å²) < 4.78 is 5.25. The number of aromatic nitrogens is 3. The molecule has 7 nitrogen and oxygen atoms in total. The Morgan fingerprint density at radius 3 is 2.41 bits per heavy atom. The second kappa shape index (κ2) is 7.98. The topological polar surface area (TPSA) is 57.6 Å². The van der Waals surface area contributed by atoms with E-state index in [2.05, 4.69) is 44.0 Å². The molecule has 1 atom stereocenters. The Labute approximate surface area is 161 Å². The molecule has 0 aliphatic carbocycles. The zero-order chi connectivity index (χ0) is 18.6. The molecule has 27 heavy (non-hydrogen) atoms. The number of piperidine rings is 1. The van der Waals surface area contributed by atoms with Gasteiger partial charge in [-0.2, -0.15) is 10.1 Å². The third kappa shape index (κ3) is 4.07. The van der Waals surface area contributed by atoms with Crippen molar-refractivity contribution >= 4 is 17.5 Å². The van der Waals surface area contributed by atoms with Crippen LogP contribution in [0.5, 0.6) is 5.75 Å². The maximum Gasteiger partial charge on any atom is 0.247 e. The lowest BCUT2D eigenvalue weighted by Gasteiger charge is -2.37. The second-order valence-corrected chi connectivity index (χ2v) is 7.48. The zero-order valence-electron chi connectivity index (χ0n) is 16.2. The zero-order valence-corrected chi connectivity index (χ0v) is 16.2. The molecule has 0 amide bonds. The summed E-state index contributed by atoms with van der Waals surface area (Å²) in [6.07, 6.45) is 4.28. The van der Waals surface area contributed by atoms with Crippen LogP contribution in [0.25, 0.3) is 0 Å². The van der Waals surface area contributed by atoms with Gasteiger partial charge in [-0.15, -0.1) is 5.10 Å². The number of anilines is 3. The van der Waals surface area contributed by atoms with Crippen molar-refractivity contribution in [2.75, 3.05) is 61.1 Å². The monoisotopic (exact) mass is 368 g/mol. The SMILES string of the molecule is COc1ccc(N2CCN(c3cnnc(N4CCCC(C)C4)n3)CC2)cc1. The molecule has 2 aromatic rings. The van der Waals surface area contributed by atoms with E-state index in [1.165, 1.54) is 18.5 Å². The fourth-order valence-corrected chi connectivity index (χ4v) is 3.93. The van der Waals surface area contributed by atoms with Crippen LogP contribution in [0.15, 0.2) is 30.5 Å². The van der Waals surface area contributed by atoms with Gasteiger partial charge in [-0.1, -0.05) is 6.92 Å². The van der Waals surface area contributed by atoms with Crippen LogP contribution in [-0.2, 0) is 0 Å². The predicted molar refractivity (Wildman–Crippen MR) is 108 cm³/mol. The van der Waals surface area contributed by atoms with E-state index in [1.54, 1.807) is 13.3 Å². The van der Waals surface area contributed by atoms with Gasteiger partial charge in [0.1, 0.15) is 5.75 Å². The molecule has 2 aliphatic heterocycles. The lowest BCUT2D eigenvalue weighted by molar-refractivity contribution is 0.415. The van der Waals surface area contributed by atoms with Crippen LogP contribution in [0.3, 0.4) is 0 Å². The summed E-state index contributed by atoms with van der Waals surface area (Å²) >= 11 is 0. The standard InChI is InChI=1S/C20H28N6O/c1-16-4-3-9-26(15-16)20-22-19(14-21-23-20)25-12-10-24(11-13-25)17-5-7-18(27-2)8-6-17/h5-8,14,16H,3-4,9-13,15H2,1-2H3. The van der Waals surface area contributed by atoms with Crippen LogP contribution in [0, 0.1) is 5.92 Å². The van der Waals surface area contributed by atoms with Crippen molar-refractivity contribution in [3.05, 3.63) is 30.5 Å². The number of rotatable bonds is 4. The van der Waals surface area contributed by atoms with Gasteiger partial charge in [0.2, 0.25) is 5.95 Å². The minimum absolute atomic E-state index is 0.694. The van der Waals surface area contributed by atoms with Crippen LogP contribution in [0.2, 0.25) is 0 Å². The molecule has 0 N–H and O–H groups in total. The van der Waals surface area contributed by atoms with Gasteiger partial charge < -0.3 is 19.4 Å². The van der Waals surface area contributed by atoms with E-state index in [4.69, 9.17) is 9.72 Å². The summed E-state index contributed by atoms with van der Waals surface area (Å²) in [6.45, 7) is 8.14. The Kier molecular flexibility index (Phi) is 5.27. The number of hydrogen-bond acceptors (Lipinski definition) is 7. The Hall–Kier alpha value is -2.57. The first-order valence-corrected chi connectivity index (χ1v) is 9.81. The van der Waals surface area contributed by atoms with Crippen molar-refractivity contribution in [1.29, 1.82) is 0 Å².